The van der Waals surface area contributed by atoms with Gasteiger partial charge < -0.3 is 14.8 Å². The van der Waals surface area contributed by atoms with Crippen LogP contribution in [0.4, 0.5) is 5.69 Å². The second-order valence-corrected chi connectivity index (χ2v) is 11.7. The fraction of sp³-hybridized carbons (Fsp3) is 0.174. The van der Waals surface area contributed by atoms with Crippen molar-refractivity contribution in [3.05, 3.63) is 75.8 Å². The molecular formula is C23H23Cl2N3O7S2. The number of benzene rings is 3. The van der Waals surface area contributed by atoms with E-state index in [-0.39, 0.29) is 43.4 Å². The summed E-state index contributed by atoms with van der Waals surface area (Å²) in [6.07, 6.45) is 0.398. The molecule has 3 aromatic rings. The van der Waals surface area contributed by atoms with Crippen molar-refractivity contribution in [2.24, 2.45) is 5.14 Å². The molecular weight excluding hydrogens is 565 g/mol. The third-order valence-corrected chi connectivity index (χ3v) is 8.22. The maximum Gasteiger partial charge on any atom is 0.263 e. The lowest BCUT2D eigenvalue weighted by Gasteiger charge is -2.15. The summed E-state index contributed by atoms with van der Waals surface area (Å²) in [6.45, 7) is 0.206. The normalized spacial score (nSPS) is 11.6. The molecule has 0 aliphatic heterocycles. The monoisotopic (exact) mass is 587 g/mol. The molecule has 0 saturated carbocycles. The van der Waals surface area contributed by atoms with Gasteiger partial charge in [-0.15, -0.1) is 0 Å². The van der Waals surface area contributed by atoms with E-state index in [9.17, 15) is 21.6 Å². The minimum absolute atomic E-state index is 0.0154. The third kappa shape index (κ3) is 7.05. The second-order valence-electron chi connectivity index (χ2n) is 7.63. The van der Waals surface area contributed by atoms with E-state index in [1.807, 2.05) is 0 Å². The van der Waals surface area contributed by atoms with Crippen LogP contribution < -0.4 is 24.7 Å². The molecule has 0 aliphatic rings. The van der Waals surface area contributed by atoms with E-state index in [0.29, 0.717) is 12.2 Å². The molecule has 0 radical (unpaired) electrons. The predicted molar refractivity (Wildman–Crippen MR) is 141 cm³/mol. The van der Waals surface area contributed by atoms with Gasteiger partial charge in [0.15, 0.2) is 0 Å². The van der Waals surface area contributed by atoms with Crippen LogP contribution in [0.2, 0.25) is 10.0 Å². The van der Waals surface area contributed by atoms with Crippen LogP contribution in [-0.2, 0) is 26.5 Å². The van der Waals surface area contributed by atoms with Gasteiger partial charge in [0.05, 0.1) is 34.8 Å². The summed E-state index contributed by atoms with van der Waals surface area (Å²) in [5.74, 6) is -0.0789. The minimum Gasteiger partial charge on any atom is -0.495 e. The fourth-order valence-corrected chi connectivity index (χ4v) is 5.60. The zero-order valence-corrected chi connectivity index (χ0v) is 22.8. The van der Waals surface area contributed by atoms with E-state index in [0.717, 1.165) is 11.6 Å². The molecule has 0 aromatic heterocycles. The summed E-state index contributed by atoms with van der Waals surface area (Å²) in [4.78, 5) is 12.3. The van der Waals surface area contributed by atoms with Crippen molar-refractivity contribution in [2.75, 3.05) is 25.5 Å². The Bertz CT molecular complexity index is 1530. The topological polar surface area (TPSA) is 154 Å². The highest BCUT2D eigenvalue weighted by Crippen LogP contribution is 2.37. The van der Waals surface area contributed by atoms with Crippen LogP contribution in [0.5, 0.6) is 11.5 Å². The Morgan fingerprint density at radius 3 is 2.14 bits per heavy atom. The standard InChI is InChI=1S/C23H23Cl2N3O7S2/c1-34-20-13-21(35-2)19(12-18(20)25)28-37(32,33)22-11-15(5-8-17(22)24)23(29)27-10-9-14-3-6-16(7-4-14)36(26,30)31/h3-8,11-13,28H,9-10H2,1-2H3,(H,27,29)(H2,26,30,31). The number of methoxy groups -OCH3 is 2. The molecule has 198 valence electrons. The van der Waals surface area contributed by atoms with Crippen LogP contribution in [0.3, 0.4) is 0 Å². The first-order valence-electron chi connectivity index (χ1n) is 10.5. The Kier molecular flexibility index (Phi) is 8.92. The molecule has 3 rings (SSSR count). The number of amides is 1. The first kappa shape index (κ1) is 28.5. The quantitative estimate of drug-likeness (QED) is 0.328. The van der Waals surface area contributed by atoms with Crippen molar-refractivity contribution < 1.29 is 31.1 Å². The zero-order chi connectivity index (χ0) is 27.4. The number of nitrogens with two attached hydrogens (primary N) is 1. The van der Waals surface area contributed by atoms with Gasteiger partial charge in [-0.05, 0) is 48.4 Å². The summed E-state index contributed by atoms with van der Waals surface area (Å²) >= 11 is 12.3. The number of sulfonamides is 2. The van der Waals surface area contributed by atoms with Crippen molar-refractivity contribution in [1.82, 2.24) is 5.32 Å². The SMILES string of the molecule is COc1cc(OC)c(NS(=O)(=O)c2cc(C(=O)NCCc3ccc(S(N)(=O)=O)cc3)ccc2Cl)cc1Cl. The third-order valence-electron chi connectivity index (χ3n) is 5.15. The average molecular weight is 588 g/mol. The predicted octanol–water partition coefficient (Wildman–Crippen LogP) is 3.43. The Hall–Kier alpha value is -3.03. The van der Waals surface area contributed by atoms with Gasteiger partial charge in [-0.2, -0.15) is 0 Å². The molecule has 0 bridgehead atoms. The van der Waals surface area contributed by atoms with Crippen molar-refractivity contribution in [1.29, 1.82) is 0 Å². The number of hydrogen-bond donors (Lipinski definition) is 3. The summed E-state index contributed by atoms with van der Waals surface area (Å²) < 4.78 is 61.6. The number of halogens is 2. The lowest BCUT2D eigenvalue weighted by Crippen LogP contribution is -2.26. The number of primary sulfonamides is 1. The average Bonchev–Trinajstić information content (AvgIpc) is 2.84. The van der Waals surface area contributed by atoms with Crippen LogP contribution >= 0.6 is 23.2 Å². The van der Waals surface area contributed by atoms with Crippen LogP contribution in [0.25, 0.3) is 0 Å². The number of carbonyl (C=O) groups is 1. The molecule has 1 amide bonds. The molecule has 3 aromatic carbocycles. The molecule has 0 unspecified atom stereocenters. The second kappa shape index (κ2) is 11.6. The number of ether oxygens (including phenoxy) is 2. The molecule has 10 nitrogen and oxygen atoms in total. The first-order chi connectivity index (χ1) is 17.4. The Morgan fingerprint density at radius 1 is 0.892 bits per heavy atom. The smallest absolute Gasteiger partial charge is 0.263 e. The molecule has 0 aliphatic carbocycles. The molecule has 0 saturated heterocycles. The Labute approximate surface area is 224 Å². The number of carbonyl (C=O) groups excluding carboxylic acids is 1. The Morgan fingerprint density at radius 2 is 1.54 bits per heavy atom. The minimum atomic E-state index is -4.25. The lowest BCUT2D eigenvalue weighted by atomic mass is 10.1. The highest BCUT2D eigenvalue weighted by molar-refractivity contribution is 7.92. The first-order valence-corrected chi connectivity index (χ1v) is 14.3. The van der Waals surface area contributed by atoms with Crippen molar-refractivity contribution >= 4 is 54.8 Å². The van der Waals surface area contributed by atoms with E-state index >= 15 is 0 Å². The largest absolute Gasteiger partial charge is 0.495 e. The molecule has 37 heavy (non-hydrogen) atoms. The van der Waals surface area contributed by atoms with Crippen LogP contribution in [0, 0.1) is 0 Å². The van der Waals surface area contributed by atoms with Gasteiger partial charge in [0.25, 0.3) is 15.9 Å². The maximum absolute atomic E-state index is 13.1. The van der Waals surface area contributed by atoms with Crippen molar-refractivity contribution in [3.63, 3.8) is 0 Å². The van der Waals surface area contributed by atoms with Crippen molar-refractivity contribution in [2.45, 2.75) is 16.2 Å². The summed E-state index contributed by atoms with van der Waals surface area (Å²) in [6, 6.07) is 12.5. The Balaban J connectivity index is 1.75. The van der Waals surface area contributed by atoms with E-state index in [1.54, 1.807) is 12.1 Å². The number of anilines is 1. The zero-order valence-electron chi connectivity index (χ0n) is 19.6. The maximum atomic E-state index is 13.1. The van der Waals surface area contributed by atoms with Gasteiger partial charge in [0.2, 0.25) is 10.0 Å². The molecule has 14 heteroatoms. The summed E-state index contributed by atoms with van der Waals surface area (Å²) in [7, 11) is -5.28. The highest BCUT2D eigenvalue weighted by Gasteiger charge is 2.23. The number of hydrogen-bond acceptors (Lipinski definition) is 7. The van der Waals surface area contributed by atoms with E-state index in [4.69, 9.17) is 37.8 Å². The van der Waals surface area contributed by atoms with Gasteiger partial charge in [0.1, 0.15) is 16.4 Å². The van der Waals surface area contributed by atoms with E-state index in [1.165, 1.54) is 50.6 Å². The summed E-state index contributed by atoms with van der Waals surface area (Å²) in [5.41, 5.74) is 0.880. The number of rotatable bonds is 10. The molecule has 0 atom stereocenters. The lowest BCUT2D eigenvalue weighted by molar-refractivity contribution is 0.0954. The van der Waals surface area contributed by atoms with Gasteiger partial charge >= 0.3 is 0 Å². The molecule has 0 spiro atoms. The molecule has 4 N–H and O–H groups in total. The van der Waals surface area contributed by atoms with Crippen LogP contribution in [-0.4, -0.2) is 43.5 Å². The van der Waals surface area contributed by atoms with E-state index < -0.39 is 26.0 Å². The van der Waals surface area contributed by atoms with Crippen LogP contribution in [0.1, 0.15) is 15.9 Å². The van der Waals surface area contributed by atoms with Gasteiger partial charge in [-0.3, -0.25) is 9.52 Å². The summed E-state index contributed by atoms with van der Waals surface area (Å²) in [5, 5.41) is 7.82. The molecule has 0 fully saturated rings. The number of nitrogens with one attached hydrogen (secondary N) is 2. The van der Waals surface area contributed by atoms with Crippen molar-refractivity contribution in [3.8, 4) is 11.5 Å². The van der Waals surface area contributed by atoms with Crippen LogP contribution in [0.15, 0.2) is 64.4 Å². The molecule has 0 heterocycles. The van der Waals surface area contributed by atoms with Gasteiger partial charge in [-0.1, -0.05) is 35.3 Å². The van der Waals surface area contributed by atoms with Gasteiger partial charge in [0, 0.05) is 18.2 Å². The fourth-order valence-electron chi connectivity index (χ4n) is 3.26. The van der Waals surface area contributed by atoms with Gasteiger partial charge in [-0.25, -0.2) is 22.0 Å². The highest BCUT2D eigenvalue weighted by atomic mass is 35.5. The van der Waals surface area contributed by atoms with E-state index in [2.05, 4.69) is 10.0 Å².